The lowest BCUT2D eigenvalue weighted by Gasteiger charge is -2.52. The highest BCUT2D eigenvalue weighted by molar-refractivity contribution is 7.85. The summed E-state index contributed by atoms with van der Waals surface area (Å²) in [5.74, 6) is 1.01. The quantitative estimate of drug-likeness (QED) is 0.253. The molecule has 3 aliphatic carbocycles. The van der Waals surface area contributed by atoms with Crippen molar-refractivity contribution in [1.29, 1.82) is 0 Å². The molecule has 5 nitrogen and oxygen atoms in total. The van der Waals surface area contributed by atoms with Crippen LogP contribution >= 0.6 is 7.92 Å². The minimum Gasteiger partial charge on any atom is -0.490 e. The normalized spacial score (nSPS) is 23.3. The van der Waals surface area contributed by atoms with Crippen molar-refractivity contribution < 1.29 is 22.4 Å². The van der Waals surface area contributed by atoms with Gasteiger partial charge in [-0.3, -0.25) is 4.55 Å². The molecule has 2 fully saturated rings. The van der Waals surface area contributed by atoms with Gasteiger partial charge in [0.15, 0.2) is 0 Å². The van der Waals surface area contributed by atoms with E-state index in [4.69, 9.17) is 14.0 Å². The van der Waals surface area contributed by atoms with Crippen LogP contribution in [0.2, 0.25) is 0 Å². The molecule has 0 heterocycles. The zero-order valence-corrected chi connectivity index (χ0v) is 25.8. The van der Waals surface area contributed by atoms with Crippen LogP contribution in [-0.4, -0.2) is 48.1 Å². The highest BCUT2D eigenvalue weighted by atomic mass is 32.2. The first-order valence-corrected chi connectivity index (χ1v) is 17.9. The maximum atomic E-state index is 9.19. The maximum Gasteiger partial charge on any atom is 0.261 e. The first-order chi connectivity index (χ1) is 18.0. The first-order valence-electron chi connectivity index (χ1n) is 14.5. The van der Waals surface area contributed by atoms with Crippen molar-refractivity contribution in [2.24, 2.45) is 0 Å². The van der Waals surface area contributed by atoms with E-state index in [9.17, 15) is 8.42 Å². The smallest absolute Gasteiger partial charge is 0.261 e. The van der Waals surface area contributed by atoms with E-state index in [1.807, 2.05) is 0 Å². The van der Waals surface area contributed by atoms with Gasteiger partial charge in [-0.15, -0.1) is 0 Å². The van der Waals surface area contributed by atoms with Gasteiger partial charge in [-0.2, -0.15) is 8.42 Å². The van der Waals surface area contributed by atoms with Gasteiger partial charge in [0.05, 0.1) is 18.5 Å². The van der Waals surface area contributed by atoms with Crippen molar-refractivity contribution >= 4 is 23.6 Å². The van der Waals surface area contributed by atoms with Gasteiger partial charge in [-0.1, -0.05) is 82.9 Å². The highest BCUT2D eigenvalue weighted by Crippen LogP contribution is 2.70. The fourth-order valence-corrected chi connectivity index (χ4v) is 11.1. The van der Waals surface area contributed by atoms with Crippen LogP contribution in [0.1, 0.15) is 104 Å². The zero-order chi connectivity index (χ0) is 27.8. The van der Waals surface area contributed by atoms with Gasteiger partial charge in [0.25, 0.3) is 10.1 Å². The van der Waals surface area contributed by atoms with Crippen LogP contribution in [0, 0.1) is 0 Å². The fourth-order valence-electron chi connectivity index (χ4n) is 6.39. The molecule has 0 radical (unpaired) electrons. The van der Waals surface area contributed by atoms with Crippen molar-refractivity contribution in [3.63, 3.8) is 0 Å². The second-order valence-electron chi connectivity index (χ2n) is 11.6. The van der Waals surface area contributed by atoms with Crippen molar-refractivity contribution in [3.8, 4) is 5.75 Å². The molecule has 0 bridgehead atoms. The topological polar surface area (TPSA) is 72.8 Å². The van der Waals surface area contributed by atoms with Gasteiger partial charge in [0.2, 0.25) is 0 Å². The van der Waals surface area contributed by atoms with E-state index in [0.717, 1.165) is 23.5 Å². The Labute approximate surface area is 233 Å². The van der Waals surface area contributed by atoms with E-state index >= 15 is 0 Å². The predicted molar refractivity (Wildman–Crippen MR) is 161 cm³/mol. The third-order valence-corrected chi connectivity index (χ3v) is 11.5. The van der Waals surface area contributed by atoms with Gasteiger partial charge >= 0.3 is 0 Å². The molecule has 4 rings (SSSR count). The molecule has 0 aliphatic heterocycles. The number of hydrogen-bond donors (Lipinski definition) is 1. The van der Waals surface area contributed by atoms with Crippen molar-refractivity contribution in [1.82, 2.24) is 0 Å². The lowest BCUT2D eigenvalue weighted by atomic mass is 9.92. The van der Waals surface area contributed by atoms with Gasteiger partial charge in [-0.25, -0.2) is 0 Å². The average molecular weight is 565 g/mol. The summed E-state index contributed by atoms with van der Waals surface area (Å²) in [6.07, 6.45) is 23.1. The second-order valence-corrected chi connectivity index (χ2v) is 16.0. The lowest BCUT2D eigenvalue weighted by Crippen LogP contribution is -2.42. The van der Waals surface area contributed by atoms with Crippen LogP contribution in [0.3, 0.4) is 0 Å². The Bertz CT molecular complexity index is 1010. The number of benzene rings is 1. The SMILES string of the molecule is CC(C)Oc1ccccc1C1=CC=CCC1(OC(C)C)P(C1CCCCC1)C1CCCCC1.CS(=O)(=O)O. The van der Waals surface area contributed by atoms with Gasteiger partial charge in [-0.05, 0) is 76.3 Å². The molecule has 0 saturated heterocycles. The predicted octanol–water partition coefficient (Wildman–Crippen LogP) is 8.59. The molecule has 1 atom stereocenters. The summed E-state index contributed by atoms with van der Waals surface area (Å²) in [6, 6.07) is 8.70. The van der Waals surface area contributed by atoms with Crippen LogP contribution in [-0.2, 0) is 14.9 Å². The summed E-state index contributed by atoms with van der Waals surface area (Å²) in [7, 11) is -3.99. The molecule has 7 heteroatoms. The summed E-state index contributed by atoms with van der Waals surface area (Å²) >= 11 is 0. The molecule has 38 heavy (non-hydrogen) atoms. The number of para-hydroxylation sites is 1. The Balaban J connectivity index is 0.000000732. The summed E-state index contributed by atoms with van der Waals surface area (Å²) in [5.41, 5.74) is 4.28. The molecule has 214 valence electrons. The molecular weight excluding hydrogens is 515 g/mol. The summed E-state index contributed by atoms with van der Waals surface area (Å²) in [6.45, 7) is 8.73. The van der Waals surface area contributed by atoms with E-state index in [0.29, 0.717) is 6.26 Å². The Morgan fingerprint density at radius 3 is 1.92 bits per heavy atom. The third kappa shape index (κ3) is 8.91. The van der Waals surface area contributed by atoms with E-state index in [-0.39, 0.29) is 25.5 Å². The molecule has 1 N–H and O–H groups in total. The maximum absolute atomic E-state index is 9.19. The van der Waals surface area contributed by atoms with Gasteiger partial charge in [0.1, 0.15) is 11.1 Å². The monoisotopic (exact) mass is 564 g/mol. The van der Waals surface area contributed by atoms with Crippen LogP contribution in [0.5, 0.6) is 5.75 Å². The van der Waals surface area contributed by atoms with Crippen molar-refractivity contribution in [2.45, 2.75) is 127 Å². The second kappa shape index (κ2) is 14.4. The molecule has 0 spiro atoms. The number of allylic oxidation sites excluding steroid dienone is 2. The van der Waals surface area contributed by atoms with E-state index in [1.165, 1.54) is 75.3 Å². The zero-order valence-electron chi connectivity index (χ0n) is 24.1. The van der Waals surface area contributed by atoms with Crippen LogP contribution in [0.15, 0.2) is 42.5 Å². The molecule has 1 aromatic rings. The minimum absolute atomic E-state index is 0.157. The minimum atomic E-state index is -3.67. The van der Waals surface area contributed by atoms with E-state index in [1.54, 1.807) is 0 Å². The molecular formula is C31H49O5PS. The van der Waals surface area contributed by atoms with Crippen LogP contribution < -0.4 is 4.74 Å². The van der Waals surface area contributed by atoms with Gasteiger partial charge < -0.3 is 9.47 Å². The van der Waals surface area contributed by atoms with Crippen molar-refractivity contribution in [2.75, 3.05) is 6.26 Å². The molecule has 0 aromatic heterocycles. The molecule has 0 amide bonds. The van der Waals surface area contributed by atoms with Crippen molar-refractivity contribution in [3.05, 3.63) is 48.1 Å². The Kier molecular flexibility index (Phi) is 11.9. The standard InChI is InChI=1S/C30H45O2P.CH4O3S/c1-23(2)31-29-21-12-11-19-27(29)28-20-13-14-22-30(28,32-24(3)4)33(25-15-7-5-8-16-25)26-17-9-6-10-18-26;1-5(2,3)4/h11-14,19-21,23-26H,5-10,15-18,22H2,1-4H3;1H3,(H,2,3,4). The lowest BCUT2D eigenvalue weighted by molar-refractivity contribution is 0.0142. The Morgan fingerprint density at radius 2 is 1.42 bits per heavy atom. The molecule has 1 unspecified atom stereocenters. The van der Waals surface area contributed by atoms with E-state index < -0.39 is 10.1 Å². The fraction of sp³-hybridized carbons (Fsp3) is 0.677. The molecule has 1 aromatic carbocycles. The summed E-state index contributed by atoms with van der Waals surface area (Å²) in [4.78, 5) is 0. The Morgan fingerprint density at radius 1 is 0.895 bits per heavy atom. The number of hydrogen-bond acceptors (Lipinski definition) is 4. The molecule has 3 aliphatic rings. The third-order valence-electron chi connectivity index (χ3n) is 7.54. The molecule has 2 saturated carbocycles. The average Bonchev–Trinajstić information content (AvgIpc) is 2.85. The van der Waals surface area contributed by atoms with Crippen LogP contribution in [0.4, 0.5) is 0 Å². The van der Waals surface area contributed by atoms with Crippen LogP contribution in [0.25, 0.3) is 5.57 Å². The highest BCUT2D eigenvalue weighted by Gasteiger charge is 2.51. The first kappa shape index (κ1) is 31.3. The van der Waals surface area contributed by atoms with E-state index in [2.05, 4.69) is 70.2 Å². The number of rotatable bonds is 8. The van der Waals surface area contributed by atoms with Gasteiger partial charge in [0, 0.05) is 12.0 Å². The largest absolute Gasteiger partial charge is 0.490 e. The summed E-state index contributed by atoms with van der Waals surface area (Å²) < 4.78 is 39.5. The summed E-state index contributed by atoms with van der Waals surface area (Å²) in [5, 5.41) is -0.210. The number of ether oxygens (including phenoxy) is 2. The Hall–Kier alpha value is -1.20.